The predicted octanol–water partition coefficient (Wildman–Crippen LogP) is 3.02. The molecule has 12 heteroatoms. The Morgan fingerprint density at radius 1 is 1.10 bits per heavy atom. The Bertz CT molecular complexity index is 1260. The van der Waals surface area contributed by atoms with Crippen molar-refractivity contribution in [3.05, 3.63) is 42.1 Å². The first-order valence-corrected chi connectivity index (χ1v) is 14.2. The van der Waals surface area contributed by atoms with Crippen molar-refractivity contribution in [2.75, 3.05) is 26.3 Å². The van der Waals surface area contributed by atoms with Crippen LogP contribution in [0, 0.1) is 11.3 Å². The highest BCUT2D eigenvalue weighted by molar-refractivity contribution is 5.96. The van der Waals surface area contributed by atoms with Gasteiger partial charge in [0.1, 0.15) is 12.6 Å². The molecule has 1 aromatic carbocycles. The maximum absolute atomic E-state index is 13.4. The first-order chi connectivity index (χ1) is 19.9. The van der Waals surface area contributed by atoms with Crippen LogP contribution < -0.4 is 10.1 Å². The molecule has 0 spiro atoms. The van der Waals surface area contributed by atoms with E-state index in [-0.39, 0.29) is 55.1 Å². The van der Waals surface area contributed by atoms with Gasteiger partial charge in [-0.3, -0.25) is 24.0 Å². The van der Waals surface area contributed by atoms with Crippen LogP contribution in [-0.4, -0.2) is 81.7 Å². The summed E-state index contributed by atoms with van der Waals surface area (Å²) in [6.07, 6.45) is 1.05. The van der Waals surface area contributed by atoms with E-state index in [2.05, 4.69) is 10.4 Å². The molecule has 0 aliphatic carbocycles. The number of hydrogen-bond donors (Lipinski definition) is 2. The summed E-state index contributed by atoms with van der Waals surface area (Å²) >= 11 is 0. The second-order valence-electron chi connectivity index (χ2n) is 11.3. The third-order valence-electron chi connectivity index (χ3n) is 7.03. The highest BCUT2D eigenvalue weighted by Crippen LogP contribution is 2.24. The largest absolute Gasteiger partial charge is 0.481 e. The van der Waals surface area contributed by atoms with E-state index in [1.54, 1.807) is 56.9 Å². The number of para-hydroxylation sites is 1. The molecule has 2 N–H and O–H groups in total. The topological polar surface area (TPSA) is 157 Å². The Morgan fingerprint density at radius 3 is 2.36 bits per heavy atom. The zero-order valence-electron chi connectivity index (χ0n) is 24.6. The molecule has 0 radical (unpaired) electrons. The molecular formula is C30H40N4O8. The van der Waals surface area contributed by atoms with Gasteiger partial charge in [-0.25, -0.2) is 4.68 Å². The van der Waals surface area contributed by atoms with Crippen LogP contribution in [0.1, 0.15) is 70.3 Å². The van der Waals surface area contributed by atoms with Gasteiger partial charge in [-0.2, -0.15) is 5.10 Å². The molecule has 0 unspecified atom stereocenters. The number of carboxylic acid groups (broad SMARTS) is 1. The minimum atomic E-state index is -1.09. The number of benzene rings is 1. The number of carbonyl (C=O) groups is 5. The lowest BCUT2D eigenvalue weighted by Crippen LogP contribution is -2.51. The minimum Gasteiger partial charge on any atom is -0.481 e. The molecule has 12 nitrogen and oxygen atoms in total. The summed E-state index contributed by atoms with van der Waals surface area (Å²) in [5, 5.41) is 16.3. The van der Waals surface area contributed by atoms with E-state index < -0.39 is 29.2 Å². The molecule has 0 bridgehead atoms. The monoisotopic (exact) mass is 584 g/mol. The first kappa shape index (κ1) is 32.3. The molecule has 1 aromatic heterocycles. The van der Waals surface area contributed by atoms with Gasteiger partial charge >= 0.3 is 11.9 Å². The smallest absolute Gasteiger partial charge is 0.306 e. The van der Waals surface area contributed by atoms with E-state index in [1.165, 1.54) is 10.7 Å². The number of Topliss-reactive ketones (excluding diaryl/α,β-unsaturated/α-hetero) is 1. The molecule has 0 saturated carbocycles. The lowest BCUT2D eigenvalue weighted by atomic mass is 9.91. The summed E-state index contributed by atoms with van der Waals surface area (Å²) in [5.74, 6) is -2.32. The quantitative estimate of drug-likeness (QED) is 0.338. The van der Waals surface area contributed by atoms with Gasteiger partial charge in [0, 0.05) is 37.4 Å². The molecule has 2 heterocycles. The van der Waals surface area contributed by atoms with Crippen LogP contribution in [0.3, 0.4) is 0 Å². The van der Waals surface area contributed by atoms with Crippen molar-refractivity contribution in [1.82, 2.24) is 20.0 Å². The Morgan fingerprint density at radius 2 is 1.76 bits per heavy atom. The Labute approximate surface area is 245 Å². The number of carbonyl (C=O) groups excluding carboxylic acids is 4. The molecule has 1 fully saturated rings. The normalized spacial score (nSPS) is 14.6. The van der Waals surface area contributed by atoms with Crippen molar-refractivity contribution in [2.45, 2.75) is 65.8 Å². The van der Waals surface area contributed by atoms with Gasteiger partial charge in [0.05, 0.1) is 12.3 Å². The van der Waals surface area contributed by atoms with Crippen LogP contribution >= 0.6 is 0 Å². The van der Waals surface area contributed by atoms with Crippen LogP contribution in [0.5, 0.6) is 5.88 Å². The van der Waals surface area contributed by atoms with Gasteiger partial charge in [-0.15, -0.1) is 0 Å². The van der Waals surface area contributed by atoms with Crippen molar-refractivity contribution in [3.8, 4) is 11.6 Å². The van der Waals surface area contributed by atoms with Crippen LogP contribution in [0.15, 0.2) is 36.4 Å². The van der Waals surface area contributed by atoms with Gasteiger partial charge in [0.15, 0.2) is 11.5 Å². The summed E-state index contributed by atoms with van der Waals surface area (Å²) in [7, 11) is 0. The molecule has 1 aliphatic rings. The van der Waals surface area contributed by atoms with Gasteiger partial charge in [0.2, 0.25) is 11.8 Å². The number of carboxylic acids is 1. The van der Waals surface area contributed by atoms with Gasteiger partial charge in [0.25, 0.3) is 5.91 Å². The number of aromatic nitrogens is 2. The SMILES string of the molecule is CCOC(=O)CC1CCN(C(=O)[C@H](CCC(=O)O)NC(=O)c2cc(OCC(=O)C(C)(C)C)n(-c3ccccc3)n2)CC1. The number of rotatable bonds is 13. The number of esters is 1. The number of ether oxygens (including phenoxy) is 2. The highest BCUT2D eigenvalue weighted by Gasteiger charge is 2.32. The standard InChI is InChI=1S/C30H40N4O8/c1-5-41-27(38)17-20-13-15-33(16-14-20)29(40)22(11-12-26(36)37)31-28(39)23-18-25(42-19-24(35)30(2,3)4)34(32-23)21-9-7-6-8-10-21/h6-10,18,20,22H,5,11-17,19H2,1-4H3,(H,31,39)(H,36,37)/t22-/m0/s1. The first-order valence-electron chi connectivity index (χ1n) is 14.2. The summed E-state index contributed by atoms with van der Waals surface area (Å²) < 4.78 is 12.2. The van der Waals surface area contributed by atoms with E-state index in [4.69, 9.17) is 9.47 Å². The number of likely N-dealkylation sites (tertiary alicyclic amines) is 1. The number of nitrogens with zero attached hydrogens (tertiary/aromatic N) is 3. The van der Waals surface area contributed by atoms with Crippen molar-refractivity contribution in [2.24, 2.45) is 11.3 Å². The predicted molar refractivity (Wildman–Crippen MR) is 152 cm³/mol. The molecule has 228 valence electrons. The van der Waals surface area contributed by atoms with Crippen molar-refractivity contribution in [1.29, 1.82) is 0 Å². The number of amides is 2. The summed E-state index contributed by atoms with van der Waals surface area (Å²) in [6.45, 7) is 7.94. The Kier molecular flexibility index (Phi) is 11.2. The summed E-state index contributed by atoms with van der Waals surface area (Å²) in [6, 6.07) is 9.22. The average Bonchev–Trinajstić information content (AvgIpc) is 3.38. The van der Waals surface area contributed by atoms with E-state index in [1.807, 2.05) is 6.07 Å². The average molecular weight is 585 g/mol. The second-order valence-corrected chi connectivity index (χ2v) is 11.3. The third-order valence-corrected chi connectivity index (χ3v) is 7.03. The van der Waals surface area contributed by atoms with E-state index in [0.29, 0.717) is 38.2 Å². The molecule has 2 aromatic rings. The molecule has 1 aliphatic heterocycles. The lowest BCUT2D eigenvalue weighted by molar-refractivity contribution is -0.144. The zero-order chi connectivity index (χ0) is 30.9. The maximum atomic E-state index is 13.4. The van der Waals surface area contributed by atoms with Crippen molar-refractivity contribution >= 4 is 29.5 Å². The van der Waals surface area contributed by atoms with E-state index >= 15 is 0 Å². The summed E-state index contributed by atoms with van der Waals surface area (Å²) in [5.41, 5.74) is -0.0831. The minimum absolute atomic E-state index is 0.0571. The number of ketones is 1. The van der Waals surface area contributed by atoms with E-state index in [9.17, 15) is 29.1 Å². The Balaban J connectivity index is 1.76. The van der Waals surface area contributed by atoms with Crippen LogP contribution in [-0.2, 0) is 23.9 Å². The third kappa shape index (κ3) is 9.15. The van der Waals surface area contributed by atoms with Crippen molar-refractivity contribution < 1.29 is 38.6 Å². The molecule has 1 saturated heterocycles. The molecule has 42 heavy (non-hydrogen) atoms. The maximum Gasteiger partial charge on any atom is 0.306 e. The second kappa shape index (κ2) is 14.6. The van der Waals surface area contributed by atoms with Crippen LogP contribution in [0.4, 0.5) is 0 Å². The number of piperidine rings is 1. The fraction of sp³-hybridized carbons (Fsp3) is 0.533. The fourth-order valence-corrected chi connectivity index (χ4v) is 4.48. The molecule has 1 atom stereocenters. The Hall–Kier alpha value is -4.22. The number of hydrogen-bond acceptors (Lipinski definition) is 8. The van der Waals surface area contributed by atoms with E-state index in [0.717, 1.165) is 0 Å². The zero-order valence-corrected chi connectivity index (χ0v) is 24.6. The summed E-state index contributed by atoms with van der Waals surface area (Å²) in [4.78, 5) is 64.0. The fourth-order valence-electron chi connectivity index (χ4n) is 4.48. The van der Waals surface area contributed by atoms with Crippen LogP contribution in [0.25, 0.3) is 5.69 Å². The van der Waals surface area contributed by atoms with Gasteiger partial charge in [-0.1, -0.05) is 39.0 Å². The number of nitrogens with one attached hydrogen (secondary N) is 1. The van der Waals surface area contributed by atoms with Gasteiger partial charge < -0.3 is 24.8 Å². The van der Waals surface area contributed by atoms with Gasteiger partial charge in [-0.05, 0) is 44.2 Å². The molecule has 3 rings (SSSR count). The highest BCUT2D eigenvalue weighted by atomic mass is 16.5. The molecule has 2 amide bonds. The van der Waals surface area contributed by atoms with Crippen molar-refractivity contribution in [3.63, 3.8) is 0 Å². The molecular weight excluding hydrogens is 544 g/mol. The lowest BCUT2D eigenvalue weighted by Gasteiger charge is -2.34. The van der Waals surface area contributed by atoms with Crippen LogP contribution in [0.2, 0.25) is 0 Å². The number of aliphatic carboxylic acids is 1.